The first-order valence-corrected chi connectivity index (χ1v) is 9.60. The number of benzene rings is 2. The highest BCUT2D eigenvalue weighted by atomic mass is 32.1. The summed E-state index contributed by atoms with van der Waals surface area (Å²) in [5, 5.41) is 4.17. The number of nitrogens with one attached hydrogen (secondary N) is 1. The number of hydrogen-bond acceptors (Lipinski definition) is 5. The fraction of sp³-hybridized carbons (Fsp3) is 0.0952. The molecule has 3 amide bonds. The molecule has 0 saturated carbocycles. The van der Waals surface area contributed by atoms with Gasteiger partial charge in [0.2, 0.25) is 5.91 Å². The SMILES string of the molecule is CC(=O)Nc1sc(Cc2ccc(C(=O)N(N)c3ccccc3)cc2)cc1C(N)=O. The molecule has 0 aliphatic carbocycles. The second-order valence-corrected chi connectivity index (χ2v) is 7.52. The van der Waals surface area contributed by atoms with Gasteiger partial charge in [-0.3, -0.25) is 14.4 Å². The van der Waals surface area contributed by atoms with Gasteiger partial charge in [-0.1, -0.05) is 30.3 Å². The maximum absolute atomic E-state index is 12.6. The highest BCUT2D eigenvalue weighted by Crippen LogP contribution is 2.29. The predicted molar refractivity (Wildman–Crippen MR) is 114 cm³/mol. The van der Waals surface area contributed by atoms with Crippen LogP contribution in [0.4, 0.5) is 10.7 Å². The number of nitrogens with two attached hydrogens (primary N) is 2. The van der Waals surface area contributed by atoms with Crippen molar-refractivity contribution in [2.24, 2.45) is 11.6 Å². The zero-order valence-electron chi connectivity index (χ0n) is 15.7. The van der Waals surface area contributed by atoms with E-state index in [0.717, 1.165) is 15.4 Å². The fourth-order valence-electron chi connectivity index (χ4n) is 2.78. The van der Waals surface area contributed by atoms with Crippen LogP contribution in [0.25, 0.3) is 0 Å². The Balaban J connectivity index is 1.75. The predicted octanol–water partition coefficient (Wildman–Crippen LogP) is 2.92. The summed E-state index contributed by atoms with van der Waals surface area (Å²) in [5.41, 5.74) is 7.68. The minimum Gasteiger partial charge on any atom is -0.366 e. The lowest BCUT2D eigenvalue weighted by Crippen LogP contribution is -2.37. The zero-order valence-corrected chi connectivity index (χ0v) is 16.5. The van der Waals surface area contributed by atoms with Crippen LogP contribution in [0, 0.1) is 0 Å². The highest BCUT2D eigenvalue weighted by Gasteiger charge is 2.16. The van der Waals surface area contributed by atoms with Crippen molar-refractivity contribution in [1.82, 2.24) is 0 Å². The molecule has 0 aliphatic heterocycles. The molecule has 0 bridgehead atoms. The Morgan fingerprint density at radius 3 is 2.28 bits per heavy atom. The molecule has 0 atom stereocenters. The molecule has 29 heavy (non-hydrogen) atoms. The van der Waals surface area contributed by atoms with E-state index >= 15 is 0 Å². The number of carbonyl (C=O) groups excluding carboxylic acids is 3. The molecule has 0 unspecified atom stereocenters. The molecule has 0 radical (unpaired) electrons. The molecule has 5 N–H and O–H groups in total. The summed E-state index contributed by atoms with van der Waals surface area (Å²) in [5.74, 6) is 4.74. The van der Waals surface area contributed by atoms with Gasteiger partial charge < -0.3 is 11.1 Å². The first-order chi connectivity index (χ1) is 13.8. The number of hydrazine groups is 1. The molecule has 0 spiro atoms. The third-order valence-corrected chi connectivity index (χ3v) is 5.22. The van der Waals surface area contributed by atoms with E-state index in [2.05, 4.69) is 5.32 Å². The number of anilines is 2. The van der Waals surface area contributed by atoms with Gasteiger partial charge in [-0.2, -0.15) is 0 Å². The maximum Gasteiger partial charge on any atom is 0.272 e. The summed E-state index contributed by atoms with van der Waals surface area (Å²) in [4.78, 5) is 36.3. The van der Waals surface area contributed by atoms with Crippen LogP contribution in [0.5, 0.6) is 0 Å². The van der Waals surface area contributed by atoms with Crippen LogP contribution in [0.1, 0.15) is 38.1 Å². The lowest BCUT2D eigenvalue weighted by Gasteiger charge is -2.16. The van der Waals surface area contributed by atoms with Crippen LogP contribution >= 0.6 is 11.3 Å². The van der Waals surface area contributed by atoms with Gasteiger partial charge in [-0.25, -0.2) is 10.9 Å². The van der Waals surface area contributed by atoms with Crippen molar-refractivity contribution < 1.29 is 14.4 Å². The summed E-state index contributed by atoms with van der Waals surface area (Å²) in [6, 6.07) is 17.7. The van der Waals surface area contributed by atoms with Crippen LogP contribution in [0.15, 0.2) is 60.7 Å². The van der Waals surface area contributed by atoms with E-state index in [4.69, 9.17) is 11.6 Å². The molecule has 3 aromatic rings. The number of rotatable bonds is 6. The van der Waals surface area contributed by atoms with E-state index in [1.165, 1.54) is 18.3 Å². The van der Waals surface area contributed by atoms with E-state index in [1.54, 1.807) is 30.3 Å². The lowest BCUT2D eigenvalue weighted by molar-refractivity contribution is -0.114. The van der Waals surface area contributed by atoms with Crippen molar-refractivity contribution >= 4 is 39.7 Å². The Morgan fingerprint density at radius 1 is 1.03 bits per heavy atom. The number of primary amides is 1. The first-order valence-electron chi connectivity index (χ1n) is 8.78. The Morgan fingerprint density at radius 2 is 1.69 bits per heavy atom. The minimum absolute atomic E-state index is 0.270. The first kappa shape index (κ1) is 20.2. The molecule has 2 aromatic carbocycles. The standard InChI is InChI=1S/C21H20N4O3S/c1-13(26)24-20-18(19(22)27)12-17(29-20)11-14-7-9-15(10-8-14)21(28)25(23)16-5-3-2-4-6-16/h2-10,12H,11,23H2,1H3,(H2,22,27)(H,24,26). The normalized spacial score (nSPS) is 10.4. The molecule has 0 fully saturated rings. The average molecular weight is 408 g/mol. The number of nitrogens with zero attached hydrogens (tertiary/aromatic N) is 1. The van der Waals surface area contributed by atoms with Crippen LogP contribution in [-0.2, 0) is 11.2 Å². The van der Waals surface area contributed by atoms with Gasteiger partial charge in [0.1, 0.15) is 5.00 Å². The molecular formula is C21H20N4O3S. The number of thiophene rings is 1. The number of para-hydroxylation sites is 1. The Labute approximate surface area is 171 Å². The van der Waals surface area contributed by atoms with Crippen molar-refractivity contribution in [3.63, 3.8) is 0 Å². The van der Waals surface area contributed by atoms with Crippen LogP contribution in [0.2, 0.25) is 0 Å². The van der Waals surface area contributed by atoms with Gasteiger partial charge in [0.25, 0.3) is 11.8 Å². The second-order valence-electron chi connectivity index (χ2n) is 6.39. The Kier molecular flexibility index (Phi) is 6.06. The van der Waals surface area contributed by atoms with Gasteiger partial charge in [0.05, 0.1) is 11.3 Å². The molecule has 0 saturated heterocycles. The van der Waals surface area contributed by atoms with E-state index in [9.17, 15) is 14.4 Å². The van der Waals surface area contributed by atoms with E-state index in [-0.39, 0.29) is 17.4 Å². The topological polar surface area (TPSA) is 119 Å². The van der Waals surface area contributed by atoms with Gasteiger partial charge in [0, 0.05) is 23.8 Å². The number of carbonyl (C=O) groups is 3. The summed E-state index contributed by atoms with van der Waals surface area (Å²) in [6.45, 7) is 1.37. The molecule has 0 aliphatic rings. The Hall–Kier alpha value is -3.49. The molecule has 8 heteroatoms. The van der Waals surface area contributed by atoms with Crippen LogP contribution in [-0.4, -0.2) is 17.7 Å². The van der Waals surface area contributed by atoms with E-state index in [0.29, 0.717) is 22.7 Å². The molecule has 1 heterocycles. The quantitative estimate of drug-likeness (QED) is 0.330. The van der Waals surface area contributed by atoms with Crippen molar-refractivity contribution in [1.29, 1.82) is 0 Å². The third kappa shape index (κ3) is 4.87. The Bertz CT molecular complexity index is 1050. The van der Waals surface area contributed by atoms with Crippen molar-refractivity contribution in [2.45, 2.75) is 13.3 Å². The van der Waals surface area contributed by atoms with Gasteiger partial charge in [0.15, 0.2) is 0 Å². The second kappa shape index (κ2) is 8.68. The molecule has 148 valence electrons. The highest BCUT2D eigenvalue weighted by molar-refractivity contribution is 7.16. The summed E-state index contributed by atoms with van der Waals surface area (Å²) >= 11 is 1.30. The monoisotopic (exact) mass is 408 g/mol. The minimum atomic E-state index is -0.596. The van der Waals surface area contributed by atoms with Crippen LogP contribution < -0.4 is 21.9 Å². The zero-order chi connectivity index (χ0) is 21.0. The number of amides is 3. The van der Waals surface area contributed by atoms with Crippen molar-refractivity contribution in [3.05, 3.63) is 82.2 Å². The summed E-state index contributed by atoms with van der Waals surface area (Å²) in [6.07, 6.45) is 0.532. The van der Waals surface area contributed by atoms with Crippen molar-refractivity contribution in [3.8, 4) is 0 Å². The van der Waals surface area contributed by atoms with Gasteiger partial charge in [-0.15, -0.1) is 11.3 Å². The third-order valence-electron chi connectivity index (χ3n) is 4.17. The van der Waals surface area contributed by atoms with Crippen molar-refractivity contribution in [2.75, 3.05) is 10.3 Å². The van der Waals surface area contributed by atoms with Gasteiger partial charge in [-0.05, 0) is 35.9 Å². The molecular weight excluding hydrogens is 388 g/mol. The summed E-state index contributed by atoms with van der Waals surface area (Å²) in [7, 11) is 0. The smallest absolute Gasteiger partial charge is 0.272 e. The number of hydrogen-bond donors (Lipinski definition) is 3. The fourth-order valence-corrected chi connectivity index (χ4v) is 3.92. The van der Waals surface area contributed by atoms with E-state index < -0.39 is 5.91 Å². The molecule has 1 aromatic heterocycles. The average Bonchev–Trinajstić information content (AvgIpc) is 3.10. The summed E-state index contributed by atoms with van der Waals surface area (Å²) < 4.78 is 0. The van der Waals surface area contributed by atoms with Crippen LogP contribution in [0.3, 0.4) is 0 Å². The molecule has 3 rings (SSSR count). The largest absolute Gasteiger partial charge is 0.366 e. The maximum atomic E-state index is 12.6. The van der Waals surface area contributed by atoms with Gasteiger partial charge >= 0.3 is 0 Å². The lowest BCUT2D eigenvalue weighted by atomic mass is 10.1. The molecule has 7 nitrogen and oxygen atoms in total. The van der Waals surface area contributed by atoms with E-state index in [1.807, 2.05) is 30.3 Å².